The fraction of sp³-hybridized carbons (Fsp3) is 0.312. The van der Waals surface area contributed by atoms with Crippen molar-refractivity contribution in [3.05, 3.63) is 132 Å². The van der Waals surface area contributed by atoms with Crippen molar-refractivity contribution >= 4 is 0 Å². The van der Waals surface area contributed by atoms with Gasteiger partial charge in [0, 0.05) is 12.4 Å². The first-order valence-corrected chi connectivity index (χ1v) is 13.3. The van der Waals surface area contributed by atoms with Gasteiger partial charge in [0.05, 0.1) is 51.0 Å². The molecule has 0 bridgehead atoms. The smallest absolute Gasteiger partial charge is 0.111 e. The largest absolute Gasteiger partial charge is 0.388 e. The summed E-state index contributed by atoms with van der Waals surface area (Å²) in [5, 5.41) is 22.6. The first-order chi connectivity index (χ1) is 19.7. The highest BCUT2D eigenvalue weighted by Crippen LogP contribution is 2.17. The summed E-state index contributed by atoms with van der Waals surface area (Å²) in [6.45, 7) is 1.08. The van der Waals surface area contributed by atoms with Gasteiger partial charge < -0.3 is 29.2 Å². The molecule has 210 valence electrons. The standard InChI is InChI=1S/C32H36N2O6/c35-31(29(39-21-27-15-7-9-17-33-27)23-37-19-25-11-3-1-4-12-25)32(36)30(40-22-28-16-8-10-18-34-28)24-38-20-26-13-5-2-6-14-26/h1-18,29-32,35-36H,19-24H2/t29-,30-,31-,32-/m1/s1. The molecule has 0 aliphatic rings. The van der Waals surface area contributed by atoms with Crippen LogP contribution in [0.3, 0.4) is 0 Å². The van der Waals surface area contributed by atoms with Gasteiger partial charge in [-0.1, -0.05) is 72.8 Å². The fourth-order valence-electron chi connectivity index (χ4n) is 4.02. The number of aromatic nitrogens is 2. The minimum Gasteiger partial charge on any atom is -0.388 e. The molecule has 4 aromatic rings. The number of hydrogen-bond acceptors (Lipinski definition) is 8. The van der Waals surface area contributed by atoms with Gasteiger partial charge in [-0.3, -0.25) is 9.97 Å². The fourth-order valence-corrected chi connectivity index (χ4v) is 4.02. The zero-order valence-electron chi connectivity index (χ0n) is 22.4. The molecule has 0 spiro atoms. The van der Waals surface area contributed by atoms with E-state index in [-0.39, 0.29) is 26.4 Å². The molecule has 4 atom stereocenters. The highest BCUT2D eigenvalue weighted by Gasteiger charge is 2.34. The van der Waals surface area contributed by atoms with Crippen LogP contribution in [0.25, 0.3) is 0 Å². The molecule has 0 saturated carbocycles. The first-order valence-electron chi connectivity index (χ1n) is 13.3. The molecular weight excluding hydrogens is 508 g/mol. The summed E-state index contributed by atoms with van der Waals surface area (Å²) in [4.78, 5) is 8.58. The van der Waals surface area contributed by atoms with Gasteiger partial charge in [0.25, 0.3) is 0 Å². The average molecular weight is 545 g/mol. The van der Waals surface area contributed by atoms with Crippen LogP contribution >= 0.6 is 0 Å². The second-order valence-corrected chi connectivity index (χ2v) is 9.32. The molecular formula is C32H36N2O6. The molecule has 8 heteroatoms. The molecule has 2 aromatic heterocycles. The van der Waals surface area contributed by atoms with E-state index < -0.39 is 24.4 Å². The Balaban J connectivity index is 1.42. The highest BCUT2D eigenvalue weighted by molar-refractivity contribution is 5.14. The van der Waals surface area contributed by atoms with Crippen LogP contribution < -0.4 is 0 Å². The Labute approximate surface area is 235 Å². The van der Waals surface area contributed by atoms with Crippen LogP contribution in [-0.2, 0) is 45.4 Å². The van der Waals surface area contributed by atoms with E-state index in [0.717, 1.165) is 11.1 Å². The predicted molar refractivity (Wildman–Crippen MR) is 150 cm³/mol. The quantitative estimate of drug-likeness (QED) is 0.205. The number of rotatable bonds is 17. The molecule has 0 radical (unpaired) electrons. The monoisotopic (exact) mass is 544 g/mol. The highest BCUT2D eigenvalue weighted by atomic mass is 16.6. The number of aliphatic hydroxyl groups excluding tert-OH is 2. The predicted octanol–water partition coefficient (Wildman–Crippen LogP) is 4.10. The number of hydrogen-bond donors (Lipinski definition) is 2. The van der Waals surface area contributed by atoms with Gasteiger partial charge in [0.15, 0.2) is 0 Å². The normalized spacial score (nSPS) is 14.3. The van der Waals surface area contributed by atoms with Crippen LogP contribution in [0.1, 0.15) is 22.5 Å². The molecule has 40 heavy (non-hydrogen) atoms. The van der Waals surface area contributed by atoms with Crippen molar-refractivity contribution in [1.82, 2.24) is 9.97 Å². The third-order valence-electron chi connectivity index (χ3n) is 6.24. The van der Waals surface area contributed by atoms with E-state index >= 15 is 0 Å². The summed E-state index contributed by atoms with van der Waals surface area (Å²) in [5.41, 5.74) is 3.39. The number of nitrogens with zero attached hydrogens (tertiary/aromatic N) is 2. The third kappa shape index (κ3) is 9.91. The molecule has 0 amide bonds. The Morgan fingerprint density at radius 3 is 1.27 bits per heavy atom. The zero-order chi connectivity index (χ0) is 27.8. The molecule has 0 unspecified atom stereocenters. The van der Waals surface area contributed by atoms with Gasteiger partial charge in [0.1, 0.15) is 24.4 Å². The molecule has 0 fully saturated rings. The van der Waals surface area contributed by atoms with Gasteiger partial charge >= 0.3 is 0 Å². The van der Waals surface area contributed by atoms with E-state index in [1.807, 2.05) is 97.1 Å². The van der Waals surface area contributed by atoms with Crippen LogP contribution in [0.2, 0.25) is 0 Å². The molecule has 2 heterocycles. The number of pyridine rings is 2. The lowest BCUT2D eigenvalue weighted by molar-refractivity contribution is -0.170. The Bertz CT molecular complexity index is 1100. The van der Waals surface area contributed by atoms with E-state index in [9.17, 15) is 10.2 Å². The van der Waals surface area contributed by atoms with Gasteiger partial charge in [-0.15, -0.1) is 0 Å². The van der Waals surface area contributed by atoms with Crippen molar-refractivity contribution in [3.8, 4) is 0 Å². The second kappa shape index (κ2) is 16.6. The van der Waals surface area contributed by atoms with Crippen molar-refractivity contribution in [3.63, 3.8) is 0 Å². The Kier molecular flexibility index (Phi) is 12.2. The van der Waals surface area contributed by atoms with E-state index in [1.54, 1.807) is 12.4 Å². The van der Waals surface area contributed by atoms with Gasteiger partial charge in [-0.25, -0.2) is 0 Å². The van der Waals surface area contributed by atoms with E-state index in [2.05, 4.69) is 9.97 Å². The third-order valence-corrected chi connectivity index (χ3v) is 6.24. The number of benzene rings is 2. The maximum Gasteiger partial charge on any atom is 0.111 e. The first kappa shape index (κ1) is 29.5. The number of ether oxygens (including phenoxy) is 4. The minimum atomic E-state index is -1.33. The van der Waals surface area contributed by atoms with Crippen LogP contribution in [0, 0.1) is 0 Å². The lowest BCUT2D eigenvalue weighted by atomic mass is 10.0. The number of aliphatic hydroxyl groups is 2. The van der Waals surface area contributed by atoms with E-state index in [1.165, 1.54) is 0 Å². The van der Waals surface area contributed by atoms with Crippen molar-refractivity contribution in [2.24, 2.45) is 0 Å². The Hall–Kier alpha value is -3.50. The van der Waals surface area contributed by atoms with Gasteiger partial charge in [0.2, 0.25) is 0 Å². The summed E-state index contributed by atoms with van der Waals surface area (Å²) in [5.74, 6) is 0. The lowest BCUT2D eigenvalue weighted by Gasteiger charge is -2.31. The summed E-state index contributed by atoms with van der Waals surface area (Å²) in [7, 11) is 0. The van der Waals surface area contributed by atoms with Crippen LogP contribution in [-0.4, -0.2) is 57.8 Å². The molecule has 0 saturated heterocycles. The van der Waals surface area contributed by atoms with Gasteiger partial charge in [-0.05, 0) is 35.4 Å². The molecule has 8 nitrogen and oxygen atoms in total. The molecule has 0 aliphatic heterocycles. The van der Waals surface area contributed by atoms with E-state index in [4.69, 9.17) is 18.9 Å². The molecule has 4 rings (SSSR count). The molecule has 2 aromatic carbocycles. The van der Waals surface area contributed by atoms with Crippen LogP contribution in [0.4, 0.5) is 0 Å². The van der Waals surface area contributed by atoms with Crippen molar-refractivity contribution < 1.29 is 29.2 Å². The van der Waals surface area contributed by atoms with Crippen LogP contribution in [0.15, 0.2) is 109 Å². The van der Waals surface area contributed by atoms with Crippen molar-refractivity contribution in [2.75, 3.05) is 13.2 Å². The lowest BCUT2D eigenvalue weighted by Crippen LogP contribution is -2.49. The molecule has 0 aliphatic carbocycles. The second-order valence-electron chi connectivity index (χ2n) is 9.32. The SMILES string of the molecule is O[C@@H]([C@H](O)[C@@H](COCc1ccccc1)OCc1ccccn1)[C@@H](COCc1ccccc1)OCc1ccccn1. The zero-order valence-corrected chi connectivity index (χ0v) is 22.4. The van der Waals surface area contributed by atoms with Gasteiger partial charge in [-0.2, -0.15) is 0 Å². The van der Waals surface area contributed by atoms with Crippen molar-refractivity contribution in [1.29, 1.82) is 0 Å². The average Bonchev–Trinajstić information content (AvgIpc) is 3.02. The topological polar surface area (TPSA) is 103 Å². The van der Waals surface area contributed by atoms with Crippen molar-refractivity contribution in [2.45, 2.75) is 50.8 Å². The Morgan fingerprint density at radius 1 is 0.500 bits per heavy atom. The summed E-state index contributed by atoms with van der Waals surface area (Å²) in [6.07, 6.45) is -0.999. The minimum absolute atomic E-state index is 0.0534. The maximum atomic E-state index is 11.3. The summed E-state index contributed by atoms with van der Waals surface area (Å²) < 4.78 is 23.8. The van der Waals surface area contributed by atoms with E-state index in [0.29, 0.717) is 24.6 Å². The molecule has 2 N–H and O–H groups in total. The maximum absolute atomic E-state index is 11.3. The van der Waals surface area contributed by atoms with Crippen LogP contribution in [0.5, 0.6) is 0 Å². The Morgan fingerprint density at radius 2 is 0.900 bits per heavy atom. The summed E-state index contributed by atoms with van der Waals surface area (Å²) in [6, 6.07) is 30.5. The summed E-state index contributed by atoms with van der Waals surface area (Å²) >= 11 is 0.